The number of benzene rings is 10. The number of halogens is 1. The van der Waals surface area contributed by atoms with Crippen LogP contribution in [0.4, 0.5) is 80.3 Å². The van der Waals surface area contributed by atoms with Crippen molar-refractivity contribution in [2.24, 2.45) is 0 Å². The molecule has 0 unspecified atom stereocenters. The predicted octanol–water partition coefficient (Wildman–Crippen LogP) is 23.6. The average Bonchev–Trinajstić information content (AvgIpc) is 0.815. The van der Waals surface area contributed by atoms with Crippen LogP contribution >= 0.6 is 11.6 Å². The summed E-state index contributed by atoms with van der Waals surface area (Å²) < 4.78 is 42.2. The second-order valence-corrected chi connectivity index (χ2v) is 30.0. The molecule has 15 rings (SSSR count). The van der Waals surface area contributed by atoms with Crippen LogP contribution in [0.5, 0.6) is 46.0 Å². The number of nitrogen functional groups attached to an aromatic ring is 1. The van der Waals surface area contributed by atoms with Crippen LogP contribution < -0.4 is 70.2 Å². The van der Waals surface area contributed by atoms with Crippen molar-refractivity contribution in [1.82, 2.24) is 24.9 Å². The van der Waals surface area contributed by atoms with Crippen LogP contribution in [0.3, 0.4) is 0 Å². The molecule has 142 heavy (non-hydrogen) atoms. The maximum absolute atomic E-state index is 12.9. The molecule has 0 spiro atoms. The zero-order valence-corrected chi connectivity index (χ0v) is 78.3. The van der Waals surface area contributed by atoms with E-state index in [1.807, 2.05) is 84.9 Å². The zero-order valence-electron chi connectivity index (χ0n) is 77.6. The standard InChI is InChI=1S/C24H24N2O5.C23H22N2O4.C21H17N3O4.C20H14ClN3O3.C20H16N4O3/c1-28-18-10-8-17(9-11-18)26-24-19(6-5-13-25-24)20(27)12-7-16-14-21(29-2)23(31-4)22(15-16)30-3;1-27-20-14-17(15-21(28-2)22(20)29-3)19(26)12-11-16-8-7-13-24-23(16)25-18-9-5-4-6-10-18;1-28-19-11-4-15(5-12-19)20(25)13-6-16-3-2-14-22-21(16)23-17-7-9-18(10-8-17)24(26)27;2*21-16-6-3-14(4-7-16)19(25)12-5-15-2-1-13-22-20(15)23-17-8-10-18(11-9-17)24(26)27/h5-15H,1-4H3,(H,25,26);4-15H,1-3H3,(H,24,25);2-14H,1H3,(H,22,23);1-13H,(H,22,23);1-13H,21H2,(H,22,23)/b12-7+;12-11+;13-6+;2*12-5+. The number of non-ortho nitro benzene ring substituents is 3. The van der Waals surface area contributed by atoms with Gasteiger partial charge in [0.2, 0.25) is 11.5 Å². The van der Waals surface area contributed by atoms with Gasteiger partial charge in [0.05, 0.1) is 77.2 Å². The number of pyridine rings is 5. The van der Waals surface area contributed by atoms with Crippen molar-refractivity contribution in [2.45, 2.75) is 0 Å². The van der Waals surface area contributed by atoms with Crippen LogP contribution in [0.2, 0.25) is 5.02 Å². The second-order valence-electron chi connectivity index (χ2n) is 29.5. The van der Waals surface area contributed by atoms with Crippen molar-refractivity contribution in [3.63, 3.8) is 0 Å². The normalized spacial score (nSPS) is 10.6. The number of nitrogens with two attached hydrogens (primary N) is 1. The number of hydrogen-bond donors (Lipinski definition) is 6. The number of methoxy groups -OCH3 is 8. The van der Waals surface area contributed by atoms with Crippen molar-refractivity contribution >= 4 is 151 Å². The summed E-state index contributed by atoms with van der Waals surface area (Å²) in [4.78, 5) is 115. The molecule has 33 nitrogen and oxygen atoms in total. The molecular weight excluding hydrogens is 1830 g/mol. The van der Waals surface area contributed by atoms with E-state index in [2.05, 4.69) is 51.5 Å². The fourth-order valence-corrected chi connectivity index (χ4v) is 13.1. The number of allylic oxidation sites excluding steroid dienone is 5. The highest BCUT2D eigenvalue weighted by Crippen LogP contribution is 2.41. The first-order valence-corrected chi connectivity index (χ1v) is 43.3. The minimum absolute atomic E-state index is 0.00949. The van der Waals surface area contributed by atoms with Gasteiger partial charge in [-0.2, -0.15) is 0 Å². The van der Waals surface area contributed by atoms with E-state index < -0.39 is 14.8 Å². The highest BCUT2D eigenvalue weighted by molar-refractivity contribution is 6.30. The van der Waals surface area contributed by atoms with E-state index in [0.29, 0.717) is 142 Å². The Labute approximate surface area is 820 Å². The molecule has 15 aromatic rings. The SMILES string of the molecule is COc1cc(C(=O)/C=C/c2cccnc2Nc2ccccc2)cc(OC)c1OC.COc1ccc(C(=O)/C=C/c2cccnc2Nc2ccc([N+](=O)[O-])cc2)cc1.COc1ccc(Nc2ncccc2C(=O)/C=C/c2cc(OC)c(OC)c(OC)c2)cc1.Nc1ccc(C(=O)/C=C/c2cccnc2Nc2ccc([N+](=O)[O-])cc2)cc1.O=C(/C=C/c1cccnc1Nc1ccc([N+](=O)[O-])cc1)c1ccc(Cl)cc1. The molecule has 5 aromatic heterocycles. The van der Waals surface area contributed by atoms with Crippen LogP contribution in [-0.2, 0) is 0 Å². The second kappa shape index (κ2) is 52.5. The van der Waals surface area contributed by atoms with E-state index in [0.717, 1.165) is 28.3 Å². The zero-order chi connectivity index (χ0) is 101. The Bertz CT molecular complexity index is 6850. The summed E-state index contributed by atoms with van der Waals surface area (Å²) in [5.74, 6) is 6.13. The third-order valence-electron chi connectivity index (χ3n) is 20.3. The third kappa shape index (κ3) is 30.3. The number of nitro groups is 3. The number of aromatic nitrogens is 5. The Hall–Kier alpha value is -19.3. The molecule has 0 bridgehead atoms. The molecule has 0 atom stereocenters. The van der Waals surface area contributed by atoms with Crippen molar-refractivity contribution in [2.75, 3.05) is 89.2 Å². The van der Waals surface area contributed by atoms with Gasteiger partial charge in [0.25, 0.3) is 17.1 Å². The summed E-state index contributed by atoms with van der Waals surface area (Å²) in [6.07, 6.45) is 24.0. The quantitative estimate of drug-likeness (QED) is 0.00698. The van der Waals surface area contributed by atoms with E-state index in [4.69, 9.17) is 55.2 Å². The highest BCUT2D eigenvalue weighted by atomic mass is 35.5. The number of nitro benzene ring substituents is 3. The van der Waals surface area contributed by atoms with E-state index in [1.54, 1.807) is 261 Å². The Morgan fingerprint density at radius 1 is 0.296 bits per heavy atom. The van der Waals surface area contributed by atoms with Crippen molar-refractivity contribution < 1.29 is 76.6 Å². The summed E-state index contributed by atoms with van der Waals surface area (Å²) in [5, 5.41) is 48.5. The van der Waals surface area contributed by atoms with E-state index in [9.17, 15) is 54.3 Å². The maximum Gasteiger partial charge on any atom is 0.269 e. The first-order valence-electron chi connectivity index (χ1n) is 42.9. The van der Waals surface area contributed by atoms with Crippen LogP contribution in [0.25, 0.3) is 30.4 Å². The number of nitrogens with zero attached hydrogens (tertiary/aromatic N) is 8. The molecule has 0 aliphatic heterocycles. The number of carbonyl (C=O) groups excluding carboxylic acids is 5. The summed E-state index contributed by atoms with van der Waals surface area (Å²) in [6.45, 7) is 0. The minimum Gasteiger partial charge on any atom is -0.497 e. The van der Waals surface area contributed by atoms with Gasteiger partial charge >= 0.3 is 0 Å². The molecule has 7 N–H and O–H groups in total. The van der Waals surface area contributed by atoms with Gasteiger partial charge in [-0.05, 0) is 291 Å². The molecular formula is C108H93ClN14O19. The molecule has 10 aromatic carbocycles. The van der Waals surface area contributed by atoms with Gasteiger partial charge in [-0.25, -0.2) is 24.9 Å². The number of nitrogens with one attached hydrogen (secondary N) is 5. The van der Waals surface area contributed by atoms with Gasteiger partial charge in [0.1, 0.15) is 40.6 Å². The molecule has 0 fully saturated rings. The third-order valence-corrected chi connectivity index (χ3v) is 20.5. The van der Waals surface area contributed by atoms with E-state index in [1.165, 1.54) is 88.1 Å². The first-order chi connectivity index (χ1) is 68.9. The van der Waals surface area contributed by atoms with Crippen LogP contribution in [0, 0.1) is 30.3 Å². The monoisotopic (exact) mass is 1920 g/mol. The molecule has 0 saturated heterocycles. The van der Waals surface area contributed by atoms with Crippen molar-refractivity contribution in [1.29, 1.82) is 0 Å². The summed E-state index contributed by atoms with van der Waals surface area (Å²) in [7, 11) is 12.4. The van der Waals surface area contributed by atoms with Crippen molar-refractivity contribution in [3.05, 3.63) is 437 Å². The van der Waals surface area contributed by atoms with Crippen LogP contribution in [-0.4, -0.2) is 125 Å². The van der Waals surface area contributed by atoms with E-state index >= 15 is 0 Å². The van der Waals surface area contributed by atoms with Crippen LogP contribution in [0.15, 0.2) is 346 Å². The Balaban J connectivity index is 0.000000170. The fraction of sp³-hybridized carbons (Fsp3) is 0.0741. The lowest BCUT2D eigenvalue weighted by Crippen LogP contribution is -2.03. The number of carbonyl (C=O) groups is 5. The highest BCUT2D eigenvalue weighted by Gasteiger charge is 2.20. The fourth-order valence-electron chi connectivity index (χ4n) is 13.0. The van der Waals surface area contributed by atoms with Gasteiger partial charge in [0.15, 0.2) is 51.9 Å². The topological polar surface area (TPSA) is 439 Å². The van der Waals surface area contributed by atoms with Gasteiger partial charge in [-0.15, -0.1) is 0 Å². The lowest BCUT2D eigenvalue weighted by molar-refractivity contribution is -0.385. The largest absolute Gasteiger partial charge is 0.497 e. The van der Waals surface area contributed by atoms with Gasteiger partial charge in [-0.1, -0.05) is 35.9 Å². The molecule has 716 valence electrons. The Morgan fingerprint density at radius 3 is 0.908 bits per heavy atom. The average molecular weight is 1930 g/mol. The number of anilines is 11. The number of hydrogen-bond acceptors (Lipinski definition) is 30. The summed E-state index contributed by atoms with van der Waals surface area (Å²) in [5.41, 5.74) is 16.1. The van der Waals surface area contributed by atoms with Crippen molar-refractivity contribution in [3.8, 4) is 46.0 Å². The molecule has 0 aliphatic rings. The molecule has 0 aliphatic carbocycles. The summed E-state index contributed by atoms with van der Waals surface area (Å²) >= 11 is 5.83. The minimum atomic E-state index is -0.457. The van der Waals surface area contributed by atoms with Gasteiger partial charge in [-0.3, -0.25) is 54.3 Å². The molecule has 0 saturated carbocycles. The van der Waals surface area contributed by atoms with E-state index in [-0.39, 0.29) is 46.0 Å². The molecule has 0 radical (unpaired) electrons. The number of para-hydroxylation sites is 1. The predicted molar refractivity (Wildman–Crippen MR) is 551 cm³/mol. The summed E-state index contributed by atoms with van der Waals surface area (Å²) in [6, 6.07) is 80.0. The maximum atomic E-state index is 12.9. The molecule has 0 amide bonds. The molecule has 34 heteroatoms. The van der Waals surface area contributed by atoms with Crippen LogP contribution in [0.1, 0.15) is 79.6 Å². The number of ether oxygens (including phenoxy) is 8. The number of rotatable bonds is 36. The molecule has 5 heterocycles. The Morgan fingerprint density at radius 2 is 0.577 bits per heavy atom. The number of ketones is 5. The lowest BCUT2D eigenvalue weighted by atomic mass is 10.1. The van der Waals surface area contributed by atoms with Gasteiger partial charge in [0, 0.05) is 151 Å². The Kier molecular flexibility index (Phi) is 38.2. The van der Waals surface area contributed by atoms with Gasteiger partial charge < -0.3 is 70.2 Å². The smallest absolute Gasteiger partial charge is 0.269 e. The first kappa shape index (κ1) is 103. The lowest BCUT2D eigenvalue weighted by Gasteiger charge is -2.13.